The third-order valence-corrected chi connectivity index (χ3v) is 3.07. The maximum absolute atomic E-state index is 13.0. The molecule has 0 bridgehead atoms. The van der Waals surface area contributed by atoms with Crippen molar-refractivity contribution in [2.75, 3.05) is 5.32 Å². The first kappa shape index (κ1) is 15.4. The van der Waals surface area contributed by atoms with E-state index in [1.54, 1.807) is 30.3 Å². The number of carbonyl (C=O) groups excluding carboxylic acids is 1. The summed E-state index contributed by atoms with van der Waals surface area (Å²) in [6, 6.07) is 10.3. The van der Waals surface area contributed by atoms with E-state index in [4.69, 9.17) is 23.2 Å². The summed E-state index contributed by atoms with van der Waals surface area (Å²) in [6.07, 6.45) is 2.99. The van der Waals surface area contributed by atoms with Crippen LogP contribution < -0.4 is 10.6 Å². The highest BCUT2D eigenvalue weighted by Gasteiger charge is 2.04. The van der Waals surface area contributed by atoms with Gasteiger partial charge < -0.3 is 10.6 Å². The lowest BCUT2D eigenvalue weighted by Gasteiger charge is -2.06. The molecule has 6 heteroatoms. The van der Waals surface area contributed by atoms with Crippen molar-refractivity contribution in [1.82, 2.24) is 5.32 Å². The molecule has 108 valence electrons. The van der Waals surface area contributed by atoms with Crippen molar-refractivity contribution < 1.29 is 9.18 Å². The third kappa shape index (κ3) is 4.77. The standard InChI is InChI=1S/C15H11Cl2FN2O/c16-11-4-5-14(13(17)9-11)20-15(21)19-7-6-10-2-1-3-12(18)8-10/h1-9H,(H2,19,20,21)/b7-6+. The van der Waals surface area contributed by atoms with Crippen molar-refractivity contribution in [1.29, 1.82) is 0 Å². The lowest BCUT2D eigenvalue weighted by Crippen LogP contribution is -2.23. The van der Waals surface area contributed by atoms with Gasteiger partial charge in [0.1, 0.15) is 5.82 Å². The summed E-state index contributed by atoms with van der Waals surface area (Å²) in [5.74, 6) is -0.338. The molecule has 0 saturated heterocycles. The molecular formula is C15H11Cl2FN2O. The van der Waals surface area contributed by atoms with Crippen molar-refractivity contribution in [3.63, 3.8) is 0 Å². The predicted molar refractivity (Wildman–Crippen MR) is 84.1 cm³/mol. The minimum Gasteiger partial charge on any atom is -0.314 e. The van der Waals surface area contributed by atoms with Crippen molar-refractivity contribution in [3.8, 4) is 0 Å². The average Bonchev–Trinajstić information content (AvgIpc) is 2.42. The molecule has 0 heterocycles. The molecule has 0 saturated carbocycles. The maximum Gasteiger partial charge on any atom is 0.323 e. The Morgan fingerprint density at radius 2 is 1.95 bits per heavy atom. The topological polar surface area (TPSA) is 41.1 Å². The van der Waals surface area contributed by atoms with Gasteiger partial charge in [0, 0.05) is 11.2 Å². The first-order valence-corrected chi connectivity index (χ1v) is 6.75. The van der Waals surface area contributed by atoms with E-state index in [0.717, 1.165) is 0 Å². The molecule has 3 nitrogen and oxygen atoms in total. The molecule has 0 unspecified atom stereocenters. The molecule has 2 amide bonds. The largest absolute Gasteiger partial charge is 0.323 e. The fourth-order valence-electron chi connectivity index (χ4n) is 1.57. The van der Waals surface area contributed by atoms with Crippen molar-refractivity contribution in [3.05, 3.63) is 70.1 Å². The van der Waals surface area contributed by atoms with Gasteiger partial charge in [-0.2, -0.15) is 0 Å². The van der Waals surface area contributed by atoms with E-state index in [1.807, 2.05) is 0 Å². The van der Waals surface area contributed by atoms with Gasteiger partial charge in [-0.1, -0.05) is 35.3 Å². The zero-order chi connectivity index (χ0) is 15.2. The number of urea groups is 1. The highest BCUT2D eigenvalue weighted by atomic mass is 35.5. The molecule has 0 aliphatic rings. The molecule has 0 spiro atoms. The summed E-state index contributed by atoms with van der Waals surface area (Å²) in [5, 5.41) is 5.89. The fraction of sp³-hybridized carbons (Fsp3) is 0. The Morgan fingerprint density at radius 1 is 1.14 bits per heavy atom. The van der Waals surface area contributed by atoms with Crippen LogP contribution in [0.15, 0.2) is 48.7 Å². The quantitative estimate of drug-likeness (QED) is 0.826. The van der Waals surface area contributed by atoms with Gasteiger partial charge in [-0.25, -0.2) is 9.18 Å². The van der Waals surface area contributed by atoms with Gasteiger partial charge in [0.2, 0.25) is 0 Å². The van der Waals surface area contributed by atoms with E-state index in [0.29, 0.717) is 21.3 Å². The molecule has 0 radical (unpaired) electrons. The minimum absolute atomic E-state index is 0.338. The van der Waals surface area contributed by atoms with E-state index in [2.05, 4.69) is 10.6 Å². The zero-order valence-corrected chi connectivity index (χ0v) is 12.3. The van der Waals surface area contributed by atoms with Gasteiger partial charge in [0.15, 0.2) is 0 Å². The normalized spacial score (nSPS) is 10.6. The third-order valence-electron chi connectivity index (χ3n) is 2.52. The second-order valence-corrected chi connectivity index (χ2v) is 4.95. The van der Waals surface area contributed by atoms with E-state index in [-0.39, 0.29) is 5.82 Å². The number of amides is 2. The van der Waals surface area contributed by atoms with Gasteiger partial charge >= 0.3 is 6.03 Å². The van der Waals surface area contributed by atoms with Crippen molar-refractivity contribution in [2.45, 2.75) is 0 Å². The number of benzene rings is 2. The lowest BCUT2D eigenvalue weighted by atomic mass is 10.2. The summed E-state index contributed by atoms with van der Waals surface area (Å²) in [4.78, 5) is 11.7. The smallest absolute Gasteiger partial charge is 0.314 e. The van der Waals surface area contributed by atoms with Gasteiger partial charge in [-0.3, -0.25) is 0 Å². The Kier molecular flexibility index (Phi) is 5.20. The Hall–Kier alpha value is -2.04. The monoisotopic (exact) mass is 324 g/mol. The number of carbonyl (C=O) groups is 1. The highest BCUT2D eigenvalue weighted by molar-refractivity contribution is 6.36. The van der Waals surface area contributed by atoms with Crippen LogP contribution in [-0.4, -0.2) is 6.03 Å². The van der Waals surface area contributed by atoms with Crippen LogP contribution in [0.3, 0.4) is 0 Å². The number of anilines is 1. The average molecular weight is 325 g/mol. The van der Waals surface area contributed by atoms with Gasteiger partial charge in [-0.05, 0) is 42.0 Å². The maximum atomic E-state index is 13.0. The Bertz CT molecular complexity index is 689. The second-order valence-electron chi connectivity index (χ2n) is 4.11. The molecule has 0 fully saturated rings. The number of hydrogen-bond acceptors (Lipinski definition) is 1. The lowest BCUT2D eigenvalue weighted by molar-refractivity contribution is 0.255. The summed E-state index contributed by atoms with van der Waals surface area (Å²) in [7, 11) is 0. The van der Waals surface area contributed by atoms with Crippen molar-refractivity contribution >= 4 is 41.0 Å². The van der Waals surface area contributed by atoms with Crippen LogP contribution in [0.5, 0.6) is 0 Å². The van der Waals surface area contributed by atoms with E-state index in [9.17, 15) is 9.18 Å². The summed E-state index contributed by atoms with van der Waals surface area (Å²) in [5.41, 5.74) is 1.08. The van der Waals surface area contributed by atoms with Crippen LogP contribution in [0.25, 0.3) is 6.08 Å². The molecule has 2 aromatic carbocycles. The fourth-order valence-corrected chi connectivity index (χ4v) is 2.03. The number of halogens is 3. The molecule has 0 aromatic heterocycles. The molecule has 0 aliphatic carbocycles. The molecule has 2 aromatic rings. The van der Waals surface area contributed by atoms with Gasteiger partial charge in [0.05, 0.1) is 10.7 Å². The highest BCUT2D eigenvalue weighted by Crippen LogP contribution is 2.25. The molecular weight excluding hydrogens is 314 g/mol. The van der Waals surface area contributed by atoms with Crippen molar-refractivity contribution in [2.24, 2.45) is 0 Å². The SMILES string of the molecule is O=C(N/C=C/c1cccc(F)c1)Nc1ccc(Cl)cc1Cl. The molecule has 2 rings (SSSR count). The Labute approximate surface area is 131 Å². The van der Waals surface area contributed by atoms with E-state index >= 15 is 0 Å². The molecule has 0 aliphatic heterocycles. The minimum atomic E-state index is -0.466. The Morgan fingerprint density at radius 3 is 2.67 bits per heavy atom. The summed E-state index contributed by atoms with van der Waals surface area (Å²) < 4.78 is 13.0. The zero-order valence-electron chi connectivity index (χ0n) is 10.7. The van der Waals surface area contributed by atoms with Crippen LogP contribution in [0.1, 0.15) is 5.56 Å². The van der Waals surface area contributed by atoms with E-state index < -0.39 is 6.03 Å². The first-order valence-electron chi connectivity index (χ1n) is 5.99. The number of hydrogen-bond donors (Lipinski definition) is 2. The van der Waals surface area contributed by atoms with Crippen LogP contribution >= 0.6 is 23.2 Å². The van der Waals surface area contributed by atoms with Crippen LogP contribution in [0.4, 0.5) is 14.9 Å². The number of nitrogens with one attached hydrogen (secondary N) is 2. The second kappa shape index (κ2) is 7.11. The first-order chi connectivity index (χ1) is 10.0. The molecule has 2 N–H and O–H groups in total. The molecule has 21 heavy (non-hydrogen) atoms. The van der Waals surface area contributed by atoms with Crippen LogP contribution in [-0.2, 0) is 0 Å². The number of rotatable bonds is 3. The van der Waals surface area contributed by atoms with Gasteiger partial charge in [-0.15, -0.1) is 0 Å². The van der Waals surface area contributed by atoms with Crippen LogP contribution in [0, 0.1) is 5.82 Å². The summed E-state index contributed by atoms with van der Waals surface area (Å²) >= 11 is 11.7. The molecule has 0 atom stereocenters. The van der Waals surface area contributed by atoms with E-state index in [1.165, 1.54) is 24.4 Å². The van der Waals surface area contributed by atoms with Crippen LogP contribution in [0.2, 0.25) is 10.0 Å². The summed E-state index contributed by atoms with van der Waals surface area (Å²) in [6.45, 7) is 0. The predicted octanol–water partition coefficient (Wildman–Crippen LogP) is 4.92. The Balaban J connectivity index is 1.93. The van der Waals surface area contributed by atoms with Gasteiger partial charge in [0.25, 0.3) is 0 Å².